The fourth-order valence-corrected chi connectivity index (χ4v) is 2.91. The number of ether oxygens (including phenoxy) is 5. The van der Waals surface area contributed by atoms with Crippen LogP contribution >= 0.6 is 0 Å². The molecule has 7 heteroatoms. The molecule has 0 aliphatic heterocycles. The smallest absolute Gasteiger partial charge is 0.250 e. The van der Waals surface area contributed by atoms with E-state index in [1.54, 1.807) is 44.3 Å². The van der Waals surface area contributed by atoms with E-state index < -0.39 is 0 Å². The van der Waals surface area contributed by atoms with Crippen molar-refractivity contribution < 1.29 is 28.5 Å². The molecule has 0 aromatic heterocycles. The van der Waals surface area contributed by atoms with E-state index in [1.807, 2.05) is 18.2 Å². The Morgan fingerprint density at radius 3 is 1.90 bits per heavy atom. The van der Waals surface area contributed by atoms with Crippen molar-refractivity contribution in [1.82, 2.24) is 0 Å². The van der Waals surface area contributed by atoms with E-state index in [9.17, 15) is 4.79 Å². The molecule has 0 heterocycles. The number of allylic oxidation sites excluding steroid dienone is 1. The van der Waals surface area contributed by atoms with E-state index >= 15 is 0 Å². The van der Waals surface area contributed by atoms with E-state index in [1.165, 1.54) is 27.4 Å². The van der Waals surface area contributed by atoms with Crippen molar-refractivity contribution >= 4 is 11.6 Å². The van der Waals surface area contributed by atoms with Crippen LogP contribution in [0.2, 0.25) is 0 Å². The van der Waals surface area contributed by atoms with Crippen molar-refractivity contribution in [1.29, 1.82) is 0 Å². The first-order valence-electron chi connectivity index (χ1n) is 8.98. The summed E-state index contributed by atoms with van der Waals surface area (Å²) in [6.45, 7) is 2.10. The van der Waals surface area contributed by atoms with E-state index in [4.69, 9.17) is 23.7 Å². The SMILES string of the molecule is C/C=C/C(=O)N(Cc1ccc(OC)c(OC)c1)c1cc(OC)c(OC)c(OC)c1. The first-order chi connectivity index (χ1) is 14.0. The number of rotatable bonds is 9. The molecule has 2 rings (SSSR count). The second-order valence-electron chi connectivity index (χ2n) is 6.00. The predicted octanol–water partition coefficient (Wildman–Crippen LogP) is 3.84. The van der Waals surface area contributed by atoms with Crippen LogP contribution in [0.4, 0.5) is 5.69 Å². The summed E-state index contributed by atoms with van der Waals surface area (Å²) in [5.74, 6) is 2.42. The normalized spacial score (nSPS) is 10.6. The zero-order valence-corrected chi connectivity index (χ0v) is 17.6. The van der Waals surface area contributed by atoms with Gasteiger partial charge in [0.15, 0.2) is 23.0 Å². The van der Waals surface area contributed by atoms with Crippen molar-refractivity contribution in [2.24, 2.45) is 0 Å². The highest BCUT2D eigenvalue weighted by Gasteiger charge is 2.21. The molecule has 0 aliphatic rings. The van der Waals surface area contributed by atoms with E-state index in [0.717, 1.165) is 5.56 Å². The van der Waals surface area contributed by atoms with Gasteiger partial charge in [-0.15, -0.1) is 0 Å². The van der Waals surface area contributed by atoms with Crippen LogP contribution in [0.15, 0.2) is 42.5 Å². The molecule has 0 atom stereocenters. The molecular weight excluding hydrogens is 374 g/mol. The molecule has 0 bridgehead atoms. The molecule has 2 aromatic rings. The van der Waals surface area contributed by atoms with Crippen LogP contribution in [-0.2, 0) is 11.3 Å². The summed E-state index contributed by atoms with van der Waals surface area (Å²) in [6.07, 6.45) is 3.20. The highest BCUT2D eigenvalue weighted by Crippen LogP contribution is 2.41. The lowest BCUT2D eigenvalue weighted by Crippen LogP contribution is -2.28. The highest BCUT2D eigenvalue weighted by molar-refractivity contribution is 6.01. The van der Waals surface area contributed by atoms with Crippen LogP contribution in [0.1, 0.15) is 12.5 Å². The van der Waals surface area contributed by atoms with Gasteiger partial charge in [-0.2, -0.15) is 0 Å². The van der Waals surface area contributed by atoms with Gasteiger partial charge in [0.05, 0.1) is 47.8 Å². The number of amides is 1. The second kappa shape index (κ2) is 10.3. The molecule has 0 fully saturated rings. The molecule has 0 radical (unpaired) electrons. The fraction of sp³-hybridized carbons (Fsp3) is 0.318. The Kier molecular flexibility index (Phi) is 7.77. The van der Waals surface area contributed by atoms with Crippen LogP contribution in [0.5, 0.6) is 28.7 Å². The van der Waals surface area contributed by atoms with Crippen LogP contribution in [0.25, 0.3) is 0 Å². The topological polar surface area (TPSA) is 66.5 Å². The summed E-state index contributed by atoms with van der Waals surface area (Å²) >= 11 is 0. The molecule has 7 nitrogen and oxygen atoms in total. The van der Waals surface area contributed by atoms with Crippen molar-refractivity contribution in [2.75, 3.05) is 40.4 Å². The summed E-state index contributed by atoms with van der Waals surface area (Å²) in [5, 5.41) is 0. The van der Waals surface area contributed by atoms with Crippen LogP contribution < -0.4 is 28.6 Å². The number of anilines is 1. The molecule has 1 amide bonds. The average Bonchev–Trinajstić information content (AvgIpc) is 2.76. The Morgan fingerprint density at radius 1 is 0.828 bits per heavy atom. The zero-order chi connectivity index (χ0) is 21.4. The lowest BCUT2D eigenvalue weighted by Gasteiger charge is -2.24. The van der Waals surface area contributed by atoms with E-state index in [-0.39, 0.29) is 5.91 Å². The van der Waals surface area contributed by atoms with Crippen molar-refractivity contribution in [3.05, 3.63) is 48.0 Å². The molecule has 0 aliphatic carbocycles. The molecule has 0 spiro atoms. The minimum atomic E-state index is -0.184. The fourth-order valence-electron chi connectivity index (χ4n) is 2.91. The van der Waals surface area contributed by atoms with Crippen LogP contribution in [0.3, 0.4) is 0 Å². The van der Waals surface area contributed by atoms with Crippen molar-refractivity contribution in [2.45, 2.75) is 13.5 Å². The minimum absolute atomic E-state index is 0.184. The molecule has 0 saturated carbocycles. The summed E-state index contributed by atoms with van der Waals surface area (Å²) in [5.41, 5.74) is 1.48. The number of methoxy groups -OCH3 is 5. The van der Waals surface area contributed by atoms with Gasteiger partial charge < -0.3 is 28.6 Å². The van der Waals surface area contributed by atoms with Gasteiger partial charge in [-0.3, -0.25) is 4.79 Å². The average molecular weight is 401 g/mol. The van der Waals surface area contributed by atoms with Crippen LogP contribution in [0, 0.1) is 0 Å². The maximum absolute atomic E-state index is 12.8. The number of nitrogens with zero attached hydrogens (tertiary/aromatic N) is 1. The first-order valence-corrected chi connectivity index (χ1v) is 8.98. The van der Waals surface area contributed by atoms with Crippen molar-refractivity contribution in [3.63, 3.8) is 0 Å². The summed E-state index contributed by atoms with van der Waals surface area (Å²) in [6, 6.07) is 9.01. The largest absolute Gasteiger partial charge is 0.493 e. The number of benzene rings is 2. The van der Waals surface area contributed by atoms with Gasteiger partial charge in [0.1, 0.15) is 0 Å². The van der Waals surface area contributed by atoms with Gasteiger partial charge in [-0.05, 0) is 30.7 Å². The Labute approximate surface area is 171 Å². The summed E-state index contributed by atoms with van der Waals surface area (Å²) in [7, 11) is 7.76. The van der Waals surface area contributed by atoms with E-state index in [2.05, 4.69) is 0 Å². The number of hydrogen-bond donors (Lipinski definition) is 0. The Morgan fingerprint density at radius 2 is 1.41 bits per heavy atom. The third-order valence-electron chi connectivity index (χ3n) is 4.33. The van der Waals surface area contributed by atoms with Gasteiger partial charge in [0.2, 0.25) is 5.75 Å². The third kappa shape index (κ3) is 4.93. The molecule has 0 N–H and O–H groups in total. The van der Waals surface area contributed by atoms with Gasteiger partial charge >= 0.3 is 0 Å². The number of carbonyl (C=O) groups excluding carboxylic acids is 1. The number of carbonyl (C=O) groups is 1. The zero-order valence-electron chi connectivity index (χ0n) is 17.6. The lowest BCUT2D eigenvalue weighted by atomic mass is 10.1. The Bertz CT molecular complexity index is 853. The molecule has 0 saturated heterocycles. The number of hydrogen-bond acceptors (Lipinski definition) is 6. The first kappa shape index (κ1) is 21.9. The Balaban J connectivity index is 2.53. The molecule has 0 unspecified atom stereocenters. The minimum Gasteiger partial charge on any atom is -0.493 e. The quantitative estimate of drug-likeness (QED) is 0.595. The maximum Gasteiger partial charge on any atom is 0.250 e. The van der Waals surface area contributed by atoms with Gasteiger partial charge in [-0.1, -0.05) is 12.1 Å². The lowest BCUT2D eigenvalue weighted by molar-refractivity contribution is -0.114. The monoisotopic (exact) mass is 401 g/mol. The predicted molar refractivity (Wildman–Crippen MR) is 112 cm³/mol. The van der Waals surface area contributed by atoms with Crippen molar-refractivity contribution in [3.8, 4) is 28.7 Å². The molecule has 29 heavy (non-hydrogen) atoms. The summed E-state index contributed by atoms with van der Waals surface area (Å²) < 4.78 is 26.9. The van der Waals surface area contributed by atoms with Gasteiger partial charge in [-0.25, -0.2) is 0 Å². The van der Waals surface area contributed by atoms with Crippen LogP contribution in [-0.4, -0.2) is 41.5 Å². The molecule has 2 aromatic carbocycles. The molecule has 156 valence electrons. The molecular formula is C22H27NO6. The maximum atomic E-state index is 12.8. The standard InChI is InChI=1S/C22H27NO6/c1-7-8-21(24)23(14-15-9-10-17(25-2)18(11-15)26-3)16-12-19(27-4)22(29-6)20(13-16)28-5/h7-13H,14H2,1-6H3/b8-7+. The van der Waals surface area contributed by atoms with E-state index in [0.29, 0.717) is 41.0 Å². The third-order valence-corrected chi connectivity index (χ3v) is 4.33. The highest BCUT2D eigenvalue weighted by atomic mass is 16.5. The van der Waals surface area contributed by atoms with Gasteiger partial charge in [0.25, 0.3) is 5.91 Å². The summed E-state index contributed by atoms with van der Waals surface area (Å²) in [4.78, 5) is 14.5. The second-order valence-corrected chi connectivity index (χ2v) is 6.00. The Hall–Kier alpha value is -3.35. The van der Waals surface area contributed by atoms with Gasteiger partial charge in [0, 0.05) is 12.1 Å².